The Kier molecular flexibility index (Phi) is 3.06. The lowest BCUT2D eigenvalue weighted by Gasteiger charge is -2.40. The molecule has 1 aliphatic carbocycles. The molecule has 6 nitrogen and oxygen atoms in total. The van der Waals surface area contributed by atoms with Gasteiger partial charge in [0.2, 0.25) is 0 Å². The van der Waals surface area contributed by atoms with Gasteiger partial charge in [0.15, 0.2) is 0 Å². The number of amides is 1. The molecule has 94 valence electrons. The molecule has 1 fully saturated rings. The molecule has 0 unspecified atom stereocenters. The molecule has 0 radical (unpaired) electrons. The van der Waals surface area contributed by atoms with Crippen molar-refractivity contribution in [1.82, 2.24) is 15.3 Å². The zero-order valence-electron chi connectivity index (χ0n) is 9.91. The van der Waals surface area contributed by atoms with E-state index in [1.165, 1.54) is 6.20 Å². The minimum absolute atomic E-state index is 0.0205. The number of H-pyrrole nitrogens is 1. The van der Waals surface area contributed by atoms with E-state index in [9.17, 15) is 9.59 Å². The third kappa shape index (κ3) is 2.07. The molecule has 0 spiro atoms. The van der Waals surface area contributed by atoms with Crippen molar-refractivity contribution >= 4 is 11.9 Å². The SMILES string of the molecule is CC#CC(=O)NC1(c2ncc(C(=O)O)[nH]2)CCC1. The van der Waals surface area contributed by atoms with Gasteiger partial charge in [-0.3, -0.25) is 4.79 Å². The molecule has 0 saturated heterocycles. The van der Waals surface area contributed by atoms with E-state index in [0.717, 1.165) is 19.3 Å². The number of nitrogens with one attached hydrogen (secondary N) is 2. The first-order valence-corrected chi connectivity index (χ1v) is 5.61. The highest BCUT2D eigenvalue weighted by molar-refractivity contribution is 5.94. The Morgan fingerprint density at radius 1 is 1.56 bits per heavy atom. The van der Waals surface area contributed by atoms with Gasteiger partial charge in [-0.05, 0) is 32.1 Å². The first-order chi connectivity index (χ1) is 8.57. The molecule has 1 aromatic heterocycles. The van der Waals surface area contributed by atoms with Crippen molar-refractivity contribution in [3.8, 4) is 11.8 Å². The summed E-state index contributed by atoms with van der Waals surface area (Å²) in [6.07, 6.45) is 3.69. The lowest BCUT2D eigenvalue weighted by molar-refractivity contribution is -0.118. The van der Waals surface area contributed by atoms with Gasteiger partial charge in [-0.2, -0.15) is 0 Å². The van der Waals surface area contributed by atoms with Gasteiger partial charge >= 0.3 is 5.97 Å². The first kappa shape index (κ1) is 12.2. The number of aromatic carboxylic acids is 1. The standard InChI is InChI=1S/C12H13N3O3/c1-2-4-9(16)15-12(5-3-6-12)11-13-7-8(14-11)10(17)18/h7H,3,5-6H2,1H3,(H,13,14)(H,15,16)(H,17,18). The normalized spacial score (nSPS) is 16.1. The molecule has 0 bridgehead atoms. The largest absolute Gasteiger partial charge is 0.477 e. The summed E-state index contributed by atoms with van der Waals surface area (Å²) in [5.41, 5.74) is -0.568. The monoisotopic (exact) mass is 247 g/mol. The average Bonchev–Trinajstić information content (AvgIpc) is 2.73. The summed E-state index contributed by atoms with van der Waals surface area (Å²) in [6.45, 7) is 1.59. The van der Waals surface area contributed by atoms with Crippen LogP contribution in [0.25, 0.3) is 0 Å². The van der Waals surface area contributed by atoms with E-state index >= 15 is 0 Å². The number of hydrogen-bond acceptors (Lipinski definition) is 3. The molecule has 1 amide bonds. The molecular weight excluding hydrogens is 234 g/mol. The number of aromatic amines is 1. The summed E-state index contributed by atoms with van der Waals surface area (Å²) in [5, 5.41) is 11.6. The summed E-state index contributed by atoms with van der Waals surface area (Å²) in [4.78, 5) is 29.1. The first-order valence-electron chi connectivity index (χ1n) is 5.61. The molecule has 0 aromatic carbocycles. The highest BCUT2D eigenvalue weighted by Crippen LogP contribution is 2.39. The quantitative estimate of drug-likeness (QED) is 0.682. The minimum Gasteiger partial charge on any atom is -0.477 e. The van der Waals surface area contributed by atoms with Crippen LogP contribution < -0.4 is 5.32 Å². The fourth-order valence-electron chi connectivity index (χ4n) is 1.99. The molecule has 1 aliphatic rings. The number of aromatic nitrogens is 2. The van der Waals surface area contributed by atoms with Crippen molar-refractivity contribution < 1.29 is 14.7 Å². The Balaban J connectivity index is 2.22. The second-order valence-electron chi connectivity index (χ2n) is 4.22. The molecule has 1 saturated carbocycles. The molecule has 1 heterocycles. The number of carbonyl (C=O) groups excluding carboxylic acids is 1. The van der Waals surface area contributed by atoms with E-state index in [1.54, 1.807) is 6.92 Å². The van der Waals surface area contributed by atoms with Crippen LogP contribution in [0.15, 0.2) is 6.20 Å². The maximum Gasteiger partial charge on any atom is 0.353 e. The van der Waals surface area contributed by atoms with E-state index in [0.29, 0.717) is 5.82 Å². The van der Waals surface area contributed by atoms with E-state index in [-0.39, 0.29) is 11.6 Å². The third-order valence-corrected chi connectivity index (χ3v) is 3.06. The Morgan fingerprint density at radius 3 is 2.72 bits per heavy atom. The van der Waals surface area contributed by atoms with Crippen molar-refractivity contribution in [2.75, 3.05) is 0 Å². The van der Waals surface area contributed by atoms with Crippen molar-refractivity contribution in [1.29, 1.82) is 0 Å². The highest BCUT2D eigenvalue weighted by Gasteiger charge is 2.42. The highest BCUT2D eigenvalue weighted by atomic mass is 16.4. The molecule has 2 rings (SSSR count). The topological polar surface area (TPSA) is 95.1 Å². The van der Waals surface area contributed by atoms with Gasteiger partial charge in [0.05, 0.1) is 11.7 Å². The van der Waals surface area contributed by atoms with Gasteiger partial charge in [0.25, 0.3) is 5.91 Å². The van der Waals surface area contributed by atoms with Crippen LogP contribution in [0.4, 0.5) is 0 Å². The van der Waals surface area contributed by atoms with Crippen molar-refractivity contribution in [2.45, 2.75) is 31.7 Å². The van der Waals surface area contributed by atoms with E-state index < -0.39 is 11.5 Å². The van der Waals surface area contributed by atoms with Crippen LogP contribution in [0, 0.1) is 11.8 Å². The predicted octanol–water partition coefficient (Wildman–Crippen LogP) is 0.627. The summed E-state index contributed by atoms with van der Waals surface area (Å²) >= 11 is 0. The van der Waals surface area contributed by atoms with Crippen LogP contribution >= 0.6 is 0 Å². The summed E-state index contributed by atoms with van der Waals surface area (Å²) in [5.74, 6) is 3.98. The zero-order valence-corrected chi connectivity index (χ0v) is 9.91. The zero-order chi connectivity index (χ0) is 13.2. The number of carbonyl (C=O) groups is 2. The van der Waals surface area contributed by atoms with Crippen LogP contribution in [0.1, 0.15) is 42.5 Å². The van der Waals surface area contributed by atoms with Gasteiger partial charge in [-0.15, -0.1) is 0 Å². The maximum atomic E-state index is 11.5. The van der Waals surface area contributed by atoms with E-state index in [2.05, 4.69) is 27.1 Å². The molecule has 3 N–H and O–H groups in total. The van der Waals surface area contributed by atoms with Crippen LogP contribution in [-0.4, -0.2) is 27.0 Å². The van der Waals surface area contributed by atoms with Gasteiger partial charge in [0.1, 0.15) is 11.5 Å². The minimum atomic E-state index is -1.07. The van der Waals surface area contributed by atoms with Gasteiger partial charge < -0.3 is 15.4 Å². The number of carboxylic acids is 1. The van der Waals surface area contributed by atoms with Crippen LogP contribution in [0.2, 0.25) is 0 Å². The van der Waals surface area contributed by atoms with E-state index in [4.69, 9.17) is 5.11 Å². The summed E-state index contributed by atoms with van der Waals surface area (Å²) in [6, 6.07) is 0. The Morgan fingerprint density at radius 2 is 2.28 bits per heavy atom. The molecule has 18 heavy (non-hydrogen) atoms. The van der Waals surface area contributed by atoms with Crippen molar-refractivity contribution in [2.24, 2.45) is 0 Å². The molecule has 6 heteroatoms. The number of nitrogens with zero attached hydrogens (tertiary/aromatic N) is 1. The Bertz CT molecular complexity index is 546. The summed E-state index contributed by atoms with van der Waals surface area (Å²) < 4.78 is 0. The van der Waals surface area contributed by atoms with Crippen molar-refractivity contribution in [3.05, 3.63) is 17.7 Å². The van der Waals surface area contributed by atoms with Gasteiger partial charge in [-0.1, -0.05) is 5.92 Å². The number of imidazole rings is 1. The van der Waals surface area contributed by atoms with Crippen LogP contribution in [-0.2, 0) is 10.3 Å². The number of carboxylic acid groups (broad SMARTS) is 1. The molecular formula is C12H13N3O3. The second kappa shape index (κ2) is 4.53. The summed E-state index contributed by atoms with van der Waals surface area (Å²) in [7, 11) is 0. The average molecular weight is 247 g/mol. The fourth-order valence-corrected chi connectivity index (χ4v) is 1.99. The molecule has 1 aromatic rings. The molecule has 0 aliphatic heterocycles. The Hall–Kier alpha value is -2.29. The number of hydrogen-bond donors (Lipinski definition) is 3. The number of rotatable bonds is 3. The van der Waals surface area contributed by atoms with Gasteiger partial charge in [-0.25, -0.2) is 9.78 Å². The Labute approximate surface area is 104 Å². The lowest BCUT2D eigenvalue weighted by atomic mass is 9.76. The lowest BCUT2D eigenvalue weighted by Crippen LogP contribution is -2.51. The van der Waals surface area contributed by atoms with Crippen LogP contribution in [0.5, 0.6) is 0 Å². The van der Waals surface area contributed by atoms with Crippen LogP contribution in [0.3, 0.4) is 0 Å². The molecule has 0 atom stereocenters. The third-order valence-electron chi connectivity index (χ3n) is 3.06. The van der Waals surface area contributed by atoms with Gasteiger partial charge in [0, 0.05) is 0 Å². The maximum absolute atomic E-state index is 11.5. The van der Waals surface area contributed by atoms with E-state index in [1.807, 2.05) is 0 Å². The fraction of sp³-hybridized carbons (Fsp3) is 0.417. The second-order valence-corrected chi connectivity index (χ2v) is 4.22. The predicted molar refractivity (Wildman–Crippen MR) is 62.7 cm³/mol. The van der Waals surface area contributed by atoms with Crippen molar-refractivity contribution in [3.63, 3.8) is 0 Å². The smallest absolute Gasteiger partial charge is 0.353 e.